The summed E-state index contributed by atoms with van der Waals surface area (Å²) in [6.45, 7) is 3.08. The van der Waals surface area contributed by atoms with Gasteiger partial charge < -0.3 is 5.11 Å². The summed E-state index contributed by atoms with van der Waals surface area (Å²) < 4.78 is 27.1. The lowest BCUT2D eigenvalue weighted by Gasteiger charge is -2.12. The number of rotatable bonds is 5. The first-order chi connectivity index (χ1) is 10.2. The molecule has 0 radical (unpaired) electrons. The van der Waals surface area contributed by atoms with Gasteiger partial charge in [0, 0.05) is 7.05 Å². The van der Waals surface area contributed by atoms with E-state index in [-0.39, 0.29) is 22.6 Å². The second-order valence-electron chi connectivity index (χ2n) is 4.84. The molecule has 1 heterocycles. The van der Waals surface area contributed by atoms with Crippen molar-refractivity contribution >= 4 is 16.0 Å². The molecule has 118 valence electrons. The maximum absolute atomic E-state index is 12.4. The molecule has 1 aromatic heterocycles. The van der Waals surface area contributed by atoms with Crippen molar-refractivity contribution in [2.24, 2.45) is 7.05 Å². The van der Waals surface area contributed by atoms with Gasteiger partial charge in [-0.1, -0.05) is 6.07 Å². The van der Waals surface area contributed by atoms with Gasteiger partial charge in [-0.25, -0.2) is 17.9 Å². The zero-order chi connectivity index (χ0) is 16.5. The van der Waals surface area contributed by atoms with E-state index in [0.29, 0.717) is 11.3 Å². The molecule has 0 fully saturated rings. The highest BCUT2D eigenvalue weighted by atomic mass is 32.2. The zero-order valence-corrected chi connectivity index (χ0v) is 13.2. The van der Waals surface area contributed by atoms with Crippen LogP contribution < -0.4 is 4.72 Å². The Labute approximate surface area is 127 Å². The summed E-state index contributed by atoms with van der Waals surface area (Å²) in [6, 6.07) is 2.88. The van der Waals surface area contributed by atoms with Crippen LogP contribution in [-0.4, -0.2) is 34.5 Å². The Morgan fingerprint density at radius 1 is 1.36 bits per heavy atom. The lowest BCUT2D eigenvalue weighted by molar-refractivity contribution is 0.0695. The minimum atomic E-state index is -3.84. The van der Waals surface area contributed by atoms with Crippen molar-refractivity contribution in [2.45, 2.75) is 25.3 Å². The molecule has 0 aliphatic rings. The number of hydrogen-bond donors (Lipinski definition) is 2. The molecule has 22 heavy (non-hydrogen) atoms. The Morgan fingerprint density at radius 3 is 2.59 bits per heavy atom. The number of sulfonamides is 1. The van der Waals surface area contributed by atoms with Gasteiger partial charge in [-0.2, -0.15) is 15.0 Å². The molecule has 0 spiro atoms. The summed E-state index contributed by atoms with van der Waals surface area (Å²) in [5, 5.41) is 17.0. The highest BCUT2D eigenvalue weighted by Crippen LogP contribution is 2.22. The number of benzene rings is 1. The summed E-state index contributed by atoms with van der Waals surface area (Å²) >= 11 is 0. The molecule has 0 aliphatic heterocycles. The minimum absolute atomic E-state index is 0.00220. The smallest absolute Gasteiger partial charge is 0.336 e. The molecule has 0 saturated heterocycles. The Bertz CT molecular complexity index is 827. The van der Waals surface area contributed by atoms with Gasteiger partial charge in [0.25, 0.3) is 0 Å². The van der Waals surface area contributed by atoms with Gasteiger partial charge in [0.15, 0.2) is 0 Å². The Hall–Kier alpha value is -2.26. The van der Waals surface area contributed by atoms with Gasteiger partial charge in [-0.15, -0.1) is 0 Å². The van der Waals surface area contributed by atoms with Crippen molar-refractivity contribution in [1.29, 1.82) is 0 Å². The topological polar surface area (TPSA) is 114 Å². The van der Waals surface area contributed by atoms with E-state index in [4.69, 9.17) is 0 Å². The molecule has 0 atom stereocenters. The average Bonchev–Trinajstić information content (AvgIpc) is 2.82. The van der Waals surface area contributed by atoms with Crippen LogP contribution in [0.2, 0.25) is 0 Å². The summed E-state index contributed by atoms with van der Waals surface area (Å²) in [7, 11) is -2.22. The molecule has 2 aromatic rings. The first-order valence-corrected chi connectivity index (χ1v) is 7.89. The largest absolute Gasteiger partial charge is 0.478 e. The molecule has 0 amide bonds. The van der Waals surface area contributed by atoms with Crippen LogP contribution >= 0.6 is 0 Å². The van der Waals surface area contributed by atoms with Crippen molar-refractivity contribution in [3.63, 3.8) is 0 Å². The number of hydrogen-bond acceptors (Lipinski definition) is 5. The van der Waals surface area contributed by atoms with E-state index in [9.17, 15) is 18.3 Å². The van der Waals surface area contributed by atoms with Gasteiger partial charge >= 0.3 is 5.97 Å². The summed E-state index contributed by atoms with van der Waals surface area (Å²) in [6.07, 6.45) is 1.45. The summed E-state index contributed by atoms with van der Waals surface area (Å²) in [5.74, 6) is -1.15. The first kappa shape index (κ1) is 16.1. The average molecular weight is 324 g/mol. The fraction of sp³-hybridized carbons (Fsp3) is 0.308. The van der Waals surface area contributed by atoms with E-state index in [1.807, 2.05) is 0 Å². The second kappa shape index (κ2) is 5.85. The van der Waals surface area contributed by atoms with Crippen molar-refractivity contribution in [2.75, 3.05) is 0 Å². The van der Waals surface area contributed by atoms with Crippen molar-refractivity contribution in [1.82, 2.24) is 19.7 Å². The fourth-order valence-electron chi connectivity index (χ4n) is 2.16. The van der Waals surface area contributed by atoms with E-state index >= 15 is 0 Å². The van der Waals surface area contributed by atoms with Crippen LogP contribution in [0.15, 0.2) is 23.2 Å². The molecule has 0 unspecified atom stereocenters. The molecule has 8 nitrogen and oxygen atoms in total. The molecular weight excluding hydrogens is 308 g/mol. The van der Waals surface area contributed by atoms with Crippen LogP contribution in [0.3, 0.4) is 0 Å². The predicted molar refractivity (Wildman–Crippen MR) is 77.9 cm³/mol. The van der Waals surface area contributed by atoms with E-state index in [0.717, 1.165) is 0 Å². The monoisotopic (exact) mass is 324 g/mol. The van der Waals surface area contributed by atoms with E-state index < -0.39 is 16.0 Å². The number of nitrogens with one attached hydrogen (secondary N) is 1. The predicted octanol–water partition coefficient (Wildman–Crippen LogP) is 0.609. The molecule has 0 bridgehead atoms. The molecule has 9 heteroatoms. The van der Waals surface area contributed by atoms with Crippen LogP contribution in [0.1, 0.15) is 27.2 Å². The highest BCUT2D eigenvalue weighted by molar-refractivity contribution is 7.89. The second-order valence-corrected chi connectivity index (χ2v) is 6.57. The fourth-order valence-corrected chi connectivity index (χ4v) is 3.41. The van der Waals surface area contributed by atoms with Crippen LogP contribution in [0, 0.1) is 13.8 Å². The number of aromatic carboxylic acids is 1. The zero-order valence-electron chi connectivity index (χ0n) is 12.4. The van der Waals surface area contributed by atoms with Crippen LogP contribution in [-0.2, 0) is 23.6 Å². The third-order valence-corrected chi connectivity index (χ3v) is 4.76. The number of carbonyl (C=O) groups is 1. The van der Waals surface area contributed by atoms with Crippen molar-refractivity contribution < 1.29 is 18.3 Å². The number of aromatic nitrogens is 3. The SMILES string of the molecule is Cc1ccc(S(=O)(=O)NCc2cnn(C)n2)c(C)c1C(=O)O. The third kappa shape index (κ3) is 3.15. The van der Waals surface area contributed by atoms with E-state index in [2.05, 4.69) is 14.9 Å². The summed E-state index contributed by atoms with van der Waals surface area (Å²) in [4.78, 5) is 12.5. The highest BCUT2D eigenvalue weighted by Gasteiger charge is 2.22. The normalized spacial score (nSPS) is 11.6. The molecule has 2 N–H and O–H groups in total. The maximum atomic E-state index is 12.4. The number of nitrogens with zero attached hydrogens (tertiary/aromatic N) is 3. The van der Waals surface area contributed by atoms with Crippen LogP contribution in [0.25, 0.3) is 0 Å². The maximum Gasteiger partial charge on any atom is 0.336 e. The van der Waals surface area contributed by atoms with Crippen LogP contribution in [0.5, 0.6) is 0 Å². The lowest BCUT2D eigenvalue weighted by atomic mass is 10.0. The Balaban J connectivity index is 2.33. The molecule has 0 saturated carbocycles. The number of carboxylic acids is 1. The molecular formula is C13H16N4O4S. The van der Waals surface area contributed by atoms with Gasteiger partial charge in [-0.3, -0.25) is 0 Å². The van der Waals surface area contributed by atoms with Crippen molar-refractivity contribution in [3.8, 4) is 0 Å². The summed E-state index contributed by atoms with van der Waals surface area (Å²) in [5.41, 5.74) is 1.19. The van der Waals surface area contributed by atoms with Gasteiger partial charge in [0.2, 0.25) is 10.0 Å². The Kier molecular flexibility index (Phi) is 4.29. The van der Waals surface area contributed by atoms with E-state index in [1.165, 1.54) is 30.0 Å². The van der Waals surface area contributed by atoms with Gasteiger partial charge in [0.05, 0.1) is 28.9 Å². The Morgan fingerprint density at radius 2 is 2.05 bits per heavy atom. The minimum Gasteiger partial charge on any atom is -0.478 e. The van der Waals surface area contributed by atoms with Crippen LogP contribution in [0.4, 0.5) is 0 Å². The first-order valence-electron chi connectivity index (χ1n) is 6.40. The van der Waals surface area contributed by atoms with E-state index in [1.54, 1.807) is 14.0 Å². The van der Waals surface area contributed by atoms with Crippen molar-refractivity contribution in [3.05, 3.63) is 40.7 Å². The molecule has 2 rings (SSSR count). The molecule has 0 aliphatic carbocycles. The molecule has 1 aromatic carbocycles. The number of carboxylic acid groups (broad SMARTS) is 1. The number of aryl methyl sites for hydroxylation is 2. The third-order valence-electron chi connectivity index (χ3n) is 3.22. The quantitative estimate of drug-likeness (QED) is 0.833. The van der Waals surface area contributed by atoms with Gasteiger partial charge in [-0.05, 0) is 31.0 Å². The standard InChI is InChI=1S/C13H16N4O4S/c1-8-4-5-11(9(2)12(8)13(18)19)22(20,21)15-7-10-6-14-17(3)16-10/h4-6,15H,7H2,1-3H3,(H,18,19). The van der Waals surface area contributed by atoms with Gasteiger partial charge in [0.1, 0.15) is 0 Å². The lowest BCUT2D eigenvalue weighted by Crippen LogP contribution is -2.25.